The predicted octanol–water partition coefficient (Wildman–Crippen LogP) is 3.25. The van der Waals surface area contributed by atoms with Crippen LogP contribution in [0.25, 0.3) is 0 Å². The highest BCUT2D eigenvalue weighted by Gasteiger charge is 2.28. The van der Waals surface area contributed by atoms with Gasteiger partial charge in [-0.3, -0.25) is 9.78 Å². The van der Waals surface area contributed by atoms with E-state index in [0.29, 0.717) is 16.5 Å². The fraction of sp³-hybridized carbons (Fsp3) is 0.412. The number of aliphatic imine (C=N–C) groups is 1. The minimum atomic E-state index is -0.553. The second-order valence-corrected chi connectivity index (χ2v) is 7.67. The largest absolute Gasteiger partial charge is 0.494 e. The molecule has 0 bridgehead atoms. The van der Waals surface area contributed by atoms with Gasteiger partial charge < -0.3 is 14.8 Å². The van der Waals surface area contributed by atoms with Gasteiger partial charge in [-0.15, -0.1) is 11.3 Å². The molecule has 0 fully saturated rings. The molecule has 0 saturated carbocycles. The molecule has 0 radical (unpaired) electrons. The second kappa shape index (κ2) is 7.55. The fourth-order valence-corrected chi connectivity index (χ4v) is 4.50. The van der Waals surface area contributed by atoms with E-state index in [1.807, 2.05) is 0 Å². The zero-order valence-corrected chi connectivity index (χ0v) is 16.1. The number of carbonyl (C=O) groups excluding carboxylic acids is 1. The van der Waals surface area contributed by atoms with Crippen molar-refractivity contribution in [2.75, 3.05) is 6.61 Å². The normalized spacial score (nSPS) is 16.6. The highest BCUT2D eigenvalue weighted by molar-refractivity contribution is 7.71. The molecule has 138 valence electrons. The van der Waals surface area contributed by atoms with Gasteiger partial charge in [0.1, 0.15) is 10.6 Å². The van der Waals surface area contributed by atoms with E-state index in [4.69, 9.17) is 17.0 Å². The number of nitrogens with zero attached hydrogens (tertiary/aromatic N) is 1. The summed E-state index contributed by atoms with van der Waals surface area (Å²) < 4.78 is 5.22. The summed E-state index contributed by atoms with van der Waals surface area (Å²) in [6, 6.07) is 0. The Bertz CT molecular complexity index is 987. The number of nitrogens with one attached hydrogen (secondary N) is 2. The van der Waals surface area contributed by atoms with E-state index in [1.54, 1.807) is 6.92 Å². The van der Waals surface area contributed by atoms with Gasteiger partial charge in [0.25, 0.3) is 5.56 Å². The average molecular weight is 393 g/mol. The van der Waals surface area contributed by atoms with Crippen molar-refractivity contribution >= 4 is 40.7 Å². The Balaban J connectivity index is 2.06. The SMILES string of the molecule is CCOC(=O)c1c(N=Cc2c(O)[nH]c(=S)[nH]c2=O)sc2c1CCC(C)C2. The van der Waals surface area contributed by atoms with E-state index in [-0.39, 0.29) is 22.8 Å². The average Bonchev–Trinajstić information content (AvgIpc) is 2.91. The number of aromatic hydroxyl groups is 1. The van der Waals surface area contributed by atoms with Crippen LogP contribution in [0.1, 0.15) is 46.6 Å². The van der Waals surface area contributed by atoms with Crippen LogP contribution >= 0.6 is 23.6 Å². The van der Waals surface area contributed by atoms with Crippen LogP contribution in [-0.4, -0.2) is 33.9 Å². The minimum absolute atomic E-state index is 0.0254. The number of hydrogen-bond acceptors (Lipinski definition) is 7. The van der Waals surface area contributed by atoms with Crippen molar-refractivity contribution in [1.29, 1.82) is 0 Å². The van der Waals surface area contributed by atoms with Crippen molar-refractivity contribution in [3.63, 3.8) is 0 Å². The maximum absolute atomic E-state index is 12.4. The van der Waals surface area contributed by atoms with E-state index in [0.717, 1.165) is 29.7 Å². The number of rotatable bonds is 4. The summed E-state index contributed by atoms with van der Waals surface area (Å²) in [6.07, 6.45) is 3.95. The van der Waals surface area contributed by atoms with Gasteiger partial charge in [0, 0.05) is 11.1 Å². The number of hydrogen-bond donors (Lipinski definition) is 3. The Morgan fingerprint density at radius 3 is 2.96 bits per heavy atom. The molecule has 1 unspecified atom stereocenters. The van der Waals surface area contributed by atoms with E-state index >= 15 is 0 Å². The van der Waals surface area contributed by atoms with Gasteiger partial charge in [0.05, 0.1) is 12.2 Å². The van der Waals surface area contributed by atoms with Crippen LogP contribution in [0.3, 0.4) is 0 Å². The van der Waals surface area contributed by atoms with Crippen molar-refractivity contribution in [3.05, 3.63) is 36.7 Å². The van der Waals surface area contributed by atoms with E-state index in [2.05, 4.69) is 21.9 Å². The Morgan fingerprint density at radius 2 is 2.27 bits per heavy atom. The molecule has 26 heavy (non-hydrogen) atoms. The van der Waals surface area contributed by atoms with E-state index in [1.165, 1.54) is 17.6 Å². The lowest BCUT2D eigenvalue weighted by Gasteiger charge is -2.18. The smallest absolute Gasteiger partial charge is 0.341 e. The van der Waals surface area contributed by atoms with Gasteiger partial charge in [-0.25, -0.2) is 9.79 Å². The first-order chi connectivity index (χ1) is 12.4. The molecule has 0 aromatic carbocycles. The third kappa shape index (κ3) is 3.63. The maximum atomic E-state index is 12.4. The number of carbonyl (C=O) groups is 1. The molecule has 3 rings (SSSR count). The Kier molecular flexibility index (Phi) is 5.38. The quantitative estimate of drug-likeness (QED) is 0.420. The Labute approximate surface area is 158 Å². The van der Waals surface area contributed by atoms with Gasteiger partial charge in [0.2, 0.25) is 5.88 Å². The summed E-state index contributed by atoms with van der Waals surface area (Å²) in [5.41, 5.74) is 0.856. The highest BCUT2D eigenvalue weighted by atomic mass is 32.1. The fourth-order valence-electron chi connectivity index (χ4n) is 2.97. The molecular weight excluding hydrogens is 374 g/mol. The topological polar surface area (TPSA) is 108 Å². The molecule has 1 atom stereocenters. The van der Waals surface area contributed by atoms with Gasteiger partial charge in [-0.05, 0) is 49.9 Å². The van der Waals surface area contributed by atoms with E-state index < -0.39 is 11.5 Å². The number of esters is 1. The van der Waals surface area contributed by atoms with Gasteiger partial charge >= 0.3 is 5.97 Å². The van der Waals surface area contributed by atoms with Crippen molar-refractivity contribution in [2.45, 2.75) is 33.1 Å². The lowest BCUT2D eigenvalue weighted by atomic mass is 9.88. The monoisotopic (exact) mass is 393 g/mol. The predicted molar refractivity (Wildman–Crippen MR) is 103 cm³/mol. The molecule has 2 aromatic heterocycles. The standard InChI is InChI=1S/C17H19N3O4S2/c1-3-24-16(23)12-9-5-4-8(2)6-11(9)26-15(12)18-7-10-13(21)19-17(25)20-14(10)22/h7-8H,3-6H2,1-2H3,(H3,19,20,21,22,25). The number of thiophene rings is 1. The summed E-state index contributed by atoms with van der Waals surface area (Å²) >= 11 is 6.23. The zero-order chi connectivity index (χ0) is 18.8. The van der Waals surface area contributed by atoms with Crippen molar-refractivity contribution in [2.24, 2.45) is 10.9 Å². The van der Waals surface area contributed by atoms with Crippen molar-refractivity contribution < 1.29 is 14.6 Å². The molecule has 0 aliphatic heterocycles. The molecule has 1 aliphatic rings. The van der Waals surface area contributed by atoms with Crippen LogP contribution in [0, 0.1) is 10.7 Å². The number of aromatic amines is 2. The van der Waals surface area contributed by atoms with Crippen molar-refractivity contribution in [3.8, 4) is 5.88 Å². The maximum Gasteiger partial charge on any atom is 0.341 e. The summed E-state index contributed by atoms with van der Waals surface area (Å²) in [5.74, 6) is -0.221. The molecule has 7 nitrogen and oxygen atoms in total. The molecule has 1 aliphatic carbocycles. The van der Waals surface area contributed by atoms with Crippen molar-refractivity contribution in [1.82, 2.24) is 9.97 Å². The molecular formula is C17H19N3O4S2. The first kappa shape index (κ1) is 18.5. The second-order valence-electron chi connectivity index (χ2n) is 6.18. The van der Waals surface area contributed by atoms with Crippen LogP contribution in [0.4, 0.5) is 5.00 Å². The summed E-state index contributed by atoms with van der Waals surface area (Å²) in [4.78, 5) is 34.7. The van der Waals surface area contributed by atoms with Gasteiger partial charge in [0.15, 0.2) is 4.77 Å². The molecule has 0 saturated heterocycles. The first-order valence-electron chi connectivity index (χ1n) is 8.32. The Hall–Kier alpha value is -2.26. The third-order valence-electron chi connectivity index (χ3n) is 4.24. The van der Waals surface area contributed by atoms with Gasteiger partial charge in [-0.2, -0.15) is 0 Å². The first-order valence-corrected chi connectivity index (χ1v) is 9.54. The Morgan fingerprint density at radius 1 is 1.50 bits per heavy atom. The summed E-state index contributed by atoms with van der Waals surface area (Å²) in [6.45, 7) is 4.21. The van der Waals surface area contributed by atoms with Crippen LogP contribution in [0.5, 0.6) is 5.88 Å². The van der Waals surface area contributed by atoms with Crippen LogP contribution < -0.4 is 5.56 Å². The minimum Gasteiger partial charge on any atom is -0.494 e. The molecule has 0 spiro atoms. The highest BCUT2D eigenvalue weighted by Crippen LogP contribution is 2.41. The molecule has 2 heterocycles. The molecule has 0 amide bonds. The third-order valence-corrected chi connectivity index (χ3v) is 5.61. The molecule has 3 N–H and O–H groups in total. The number of ether oxygens (including phenoxy) is 1. The number of H-pyrrole nitrogens is 2. The zero-order valence-electron chi connectivity index (χ0n) is 14.4. The van der Waals surface area contributed by atoms with Crippen LogP contribution in [-0.2, 0) is 17.6 Å². The number of aromatic nitrogens is 2. The summed E-state index contributed by atoms with van der Waals surface area (Å²) in [7, 11) is 0. The lowest BCUT2D eigenvalue weighted by Crippen LogP contribution is -2.14. The lowest BCUT2D eigenvalue weighted by molar-refractivity contribution is 0.0526. The summed E-state index contributed by atoms with van der Waals surface area (Å²) in [5, 5.41) is 10.4. The van der Waals surface area contributed by atoms with Gasteiger partial charge in [-0.1, -0.05) is 6.92 Å². The molecule has 9 heteroatoms. The number of fused-ring (bicyclic) bond motifs is 1. The van der Waals surface area contributed by atoms with Crippen LogP contribution in [0.15, 0.2) is 9.79 Å². The van der Waals surface area contributed by atoms with E-state index in [9.17, 15) is 14.7 Å². The van der Waals surface area contributed by atoms with Crippen LogP contribution in [0.2, 0.25) is 0 Å². The molecule has 2 aromatic rings.